The van der Waals surface area contributed by atoms with Crippen molar-refractivity contribution in [2.24, 2.45) is 4.99 Å². The Kier molecular flexibility index (Phi) is 4.55. The van der Waals surface area contributed by atoms with Crippen molar-refractivity contribution in [3.8, 4) is 0 Å². The average Bonchev–Trinajstić information content (AvgIpc) is 2.18. The Balaban J connectivity index is 2.65. The molecule has 0 amide bonds. The summed E-state index contributed by atoms with van der Waals surface area (Å²) in [6, 6.07) is 8.50. The molecule has 0 fully saturated rings. The summed E-state index contributed by atoms with van der Waals surface area (Å²) in [6.45, 7) is 7.74. The SMILES string of the molecule is C=C/C=C\N=C(/C)Cc1cccc(C)c1. The highest BCUT2D eigenvalue weighted by molar-refractivity contribution is 5.84. The fourth-order valence-electron chi connectivity index (χ4n) is 1.39. The number of hydrogen-bond acceptors (Lipinski definition) is 1. The van der Waals surface area contributed by atoms with Crippen LogP contribution in [0.25, 0.3) is 0 Å². The Bertz CT molecular complexity index is 386. The van der Waals surface area contributed by atoms with E-state index in [9.17, 15) is 0 Å². The van der Waals surface area contributed by atoms with E-state index < -0.39 is 0 Å². The van der Waals surface area contributed by atoms with Gasteiger partial charge in [0.2, 0.25) is 0 Å². The molecule has 0 bridgehead atoms. The largest absolute Gasteiger partial charge is 0.266 e. The molecular formula is C14H17N. The van der Waals surface area contributed by atoms with Crippen LogP contribution in [0.5, 0.6) is 0 Å². The molecule has 0 spiro atoms. The quantitative estimate of drug-likeness (QED) is 0.518. The fourth-order valence-corrected chi connectivity index (χ4v) is 1.39. The highest BCUT2D eigenvalue weighted by Gasteiger charge is 1.95. The van der Waals surface area contributed by atoms with Gasteiger partial charge in [0.05, 0.1) is 0 Å². The second kappa shape index (κ2) is 5.97. The van der Waals surface area contributed by atoms with Crippen molar-refractivity contribution in [1.82, 2.24) is 0 Å². The minimum atomic E-state index is 0.906. The van der Waals surface area contributed by atoms with Crippen LogP contribution in [0.1, 0.15) is 18.1 Å². The maximum atomic E-state index is 4.30. The van der Waals surface area contributed by atoms with E-state index in [1.807, 2.05) is 13.0 Å². The number of nitrogens with zero attached hydrogens (tertiary/aromatic N) is 1. The molecule has 0 saturated carbocycles. The first-order valence-electron chi connectivity index (χ1n) is 5.09. The molecule has 0 aliphatic carbocycles. The monoisotopic (exact) mass is 199 g/mol. The first-order chi connectivity index (χ1) is 7.22. The molecule has 15 heavy (non-hydrogen) atoms. The third-order valence-electron chi connectivity index (χ3n) is 2.06. The maximum absolute atomic E-state index is 4.30. The number of hydrogen-bond donors (Lipinski definition) is 0. The van der Waals surface area contributed by atoms with Crippen LogP contribution in [0.3, 0.4) is 0 Å². The molecule has 1 nitrogen and oxygen atoms in total. The predicted molar refractivity (Wildman–Crippen MR) is 67.3 cm³/mol. The van der Waals surface area contributed by atoms with Gasteiger partial charge in [-0.15, -0.1) is 0 Å². The van der Waals surface area contributed by atoms with Crippen LogP contribution in [0.4, 0.5) is 0 Å². The third-order valence-corrected chi connectivity index (χ3v) is 2.06. The van der Waals surface area contributed by atoms with Crippen molar-refractivity contribution in [2.45, 2.75) is 20.3 Å². The molecule has 0 saturated heterocycles. The van der Waals surface area contributed by atoms with Crippen molar-refractivity contribution in [3.63, 3.8) is 0 Å². The Morgan fingerprint density at radius 1 is 1.47 bits per heavy atom. The Hall–Kier alpha value is -1.63. The molecule has 78 valence electrons. The van der Waals surface area contributed by atoms with Crippen LogP contribution in [-0.4, -0.2) is 5.71 Å². The van der Waals surface area contributed by atoms with Gasteiger partial charge in [-0.3, -0.25) is 4.99 Å². The van der Waals surface area contributed by atoms with Crippen LogP contribution < -0.4 is 0 Å². The lowest BCUT2D eigenvalue weighted by atomic mass is 10.1. The van der Waals surface area contributed by atoms with E-state index in [-0.39, 0.29) is 0 Å². The summed E-state index contributed by atoms with van der Waals surface area (Å²) in [5, 5.41) is 0. The van der Waals surface area contributed by atoms with Gasteiger partial charge in [0, 0.05) is 18.3 Å². The van der Waals surface area contributed by atoms with Gasteiger partial charge in [-0.1, -0.05) is 42.5 Å². The Morgan fingerprint density at radius 3 is 2.93 bits per heavy atom. The van der Waals surface area contributed by atoms with Gasteiger partial charge >= 0.3 is 0 Å². The van der Waals surface area contributed by atoms with E-state index in [0.717, 1.165) is 12.1 Å². The Labute approximate surface area is 91.9 Å². The lowest BCUT2D eigenvalue weighted by Gasteiger charge is -2.01. The average molecular weight is 199 g/mol. The summed E-state index contributed by atoms with van der Waals surface area (Å²) < 4.78 is 0. The van der Waals surface area contributed by atoms with Crippen LogP contribution in [0.15, 0.2) is 54.2 Å². The maximum Gasteiger partial charge on any atom is 0.0266 e. The summed E-state index contributed by atoms with van der Waals surface area (Å²) in [6.07, 6.45) is 6.24. The number of rotatable bonds is 4. The number of allylic oxidation sites excluding steroid dienone is 2. The zero-order valence-electron chi connectivity index (χ0n) is 9.40. The van der Waals surface area contributed by atoms with E-state index in [2.05, 4.69) is 42.8 Å². The van der Waals surface area contributed by atoms with Gasteiger partial charge in [0.1, 0.15) is 0 Å². The molecule has 1 heteroatoms. The zero-order valence-corrected chi connectivity index (χ0v) is 9.40. The summed E-state index contributed by atoms with van der Waals surface area (Å²) in [5.41, 5.74) is 3.71. The van der Waals surface area contributed by atoms with Crippen LogP contribution in [-0.2, 0) is 6.42 Å². The molecule has 0 unspecified atom stereocenters. The van der Waals surface area contributed by atoms with Crippen LogP contribution in [0, 0.1) is 6.92 Å². The molecule has 1 aromatic rings. The van der Waals surface area contributed by atoms with Gasteiger partial charge < -0.3 is 0 Å². The molecule has 0 atom stereocenters. The normalized spacial score (nSPS) is 12.0. The summed E-state index contributed by atoms with van der Waals surface area (Å²) in [5.74, 6) is 0. The smallest absolute Gasteiger partial charge is 0.0266 e. The summed E-state index contributed by atoms with van der Waals surface area (Å²) in [4.78, 5) is 4.30. The molecule has 1 aromatic carbocycles. The molecule has 0 aliphatic heterocycles. The predicted octanol–water partition coefficient (Wildman–Crippen LogP) is 3.70. The Morgan fingerprint density at radius 2 is 2.27 bits per heavy atom. The van der Waals surface area contributed by atoms with Gasteiger partial charge in [-0.2, -0.15) is 0 Å². The summed E-state index contributed by atoms with van der Waals surface area (Å²) in [7, 11) is 0. The second-order valence-electron chi connectivity index (χ2n) is 3.61. The molecule has 0 aromatic heterocycles. The topological polar surface area (TPSA) is 12.4 Å². The lowest BCUT2D eigenvalue weighted by Crippen LogP contribution is -1.96. The van der Waals surface area contributed by atoms with E-state index in [1.54, 1.807) is 12.3 Å². The summed E-state index contributed by atoms with van der Waals surface area (Å²) >= 11 is 0. The van der Waals surface area contributed by atoms with Gasteiger partial charge in [-0.25, -0.2) is 0 Å². The second-order valence-corrected chi connectivity index (χ2v) is 3.61. The van der Waals surface area contributed by atoms with Crippen molar-refractivity contribution in [3.05, 3.63) is 60.3 Å². The highest BCUT2D eigenvalue weighted by atomic mass is 14.7. The van der Waals surface area contributed by atoms with Crippen molar-refractivity contribution < 1.29 is 0 Å². The van der Waals surface area contributed by atoms with Crippen molar-refractivity contribution in [2.75, 3.05) is 0 Å². The van der Waals surface area contributed by atoms with E-state index >= 15 is 0 Å². The lowest BCUT2D eigenvalue weighted by molar-refractivity contribution is 1.27. The standard InChI is InChI=1S/C14H17N/c1-4-5-9-15-13(3)11-14-8-6-7-12(2)10-14/h4-10H,1,11H2,2-3H3/b9-5-,15-13+. The van der Waals surface area contributed by atoms with E-state index in [1.165, 1.54) is 11.1 Å². The first-order valence-corrected chi connectivity index (χ1v) is 5.09. The third kappa shape index (κ3) is 4.41. The highest BCUT2D eigenvalue weighted by Crippen LogP contribution is 2.05. The van der Waals surface area contributed by atoms with Crippen LogP contribution >= 0.6 is 0 Å². The molecule has 0 aliphatic rings. The van der Waals surface area contributed by atoms with Crippen LogP contribution in [0.2, 0.25) is 0 Å². The minimum Gasteiger partial charge on any atom is -0.266 e. The number of aliphatic imine (C=N–C) groups is 1. The molecule has 1 rings (SSSR count). The van der Waals surface area contributed by atoms with Crippen molar-refractivity contribution >= 4 is 5.71 Å². The van der Waals surface area contributed by atoms with Gasteiger partial charge in [0.15, 0.2) is 0 Å². The van der Waals surface area contributed by atoms with E-state index in [4.69, 9.17) is 0 Å². The minimum absolute atomic E-state index is 0.906. The molecule has 0 radical (unpaired) electrons. The molecular weight excluding hydrogens is 182 g/mol. The van der Waals surface area contributed by atoms with E-state index in [0.29, 0.717) is 0 Å². The van der Waals surface area contributed by atoms with Gasteiger partial charge in [0.25, 0.3) is 0 Å². The number of benzene rings is 1. The molecule has 0 heterocycles. The first kappa shape index (κ1) is 11.4. The molecule has 0 N–H and O–H groups in total. The fraction of sp³-hybridized carbons (Fsp3) is 0.214. The van der Waals surface area contributed by atoms with Crippen molar-refractivity contribution in [1.29, 1.82) is 0 Å². The van der Waals surface area contributed by atoms with Gasteiger partial charge in [-0.05, 0) is 25.5 Å². The zero-order chi connectivity index (χ0) is 11.1. The number of aryl methyl sites for hydroxylation is 1.